The number of aliphatic hydroxyl groups excluding tert-OH is 2. The van der Waals surface area contributed by atoms with Crippen LogP contribution in [0.5, 0.6) is 11.5 Å². The number of hydrogen-bond donors (Lipinski definition) is 2. The van der Waals surface area contributed by atoms with Gasteiger partial charge in [-0.25, -0.2) is 0 Å². The Hall–Kier alpha value is -3.67. The maximum atomic E-state index is 9.92. The maximum absolute atomic E-state index is 9.92. The molecular weight excluding hydrogens is 713 g/mol. The molecule has 2 aliphatic carbocycles. The fourth-order valence-electron chi connectivity index (χ4n) is 8.93. The molecule has 10 heteroatoms. The molecule has 1 saturated heterocycles. The summed E-state index contributed by atoms with van der Waals surface area (Å²) in [7, 11) is 0. The molecule has 2 fully saturated rings. The van der Waals surface area contributed by atoms with Crippen LogP contribution < -0.4 is 9.47 Å². The van der Waals surface area contributed by atoms with E-state index in [-0.39, 0.29) is 48.4 Å². The minimum absolute atomic E-state index is 0.0256. The van der Waals surface area contributed by atoms with Crippen LogP contribution in [0.25, 0.3) is 0 Å². The lowest BCUT2D eigenvalue weighted by Crippen LogP contribution is -2.64. The normalized spacial score (nSPS) is 27.7. The van der Waals surface area contributed by atoms with Crippen molar-refractivity contribution in [2.45, 2.75) is 106 Å². The van der Waals surface area contributed by atoms with Crippen molar-refractivity contribution in [3.63, 3.8) is 0 Å². The zero-order valence-electron chi connectivity index (χ0n) is 32.0. The van der Waals surface area contributed by atoms with Gasteiger partial charge in [0.25, 0.3) is 0 Å². The molecule has 55 heavy (non-hydrogen) atoms. The fraction of sp³-hybridized carbons (Fsp3) is 0.511. The number of ether oxygens (including phenoxy) is 4. The van der Waals surface area contributed by atoms with Crippen LogP contribution in [-0.2, 0) is 20.9 Å². The number of allylic oxidation sites excluding steroid dienone is 1. The molecule has 0 radical (unpaired) electrons. The number of pyridine rings is 1. The second-order valence-corrected chi connectivity index (χ2v) is 16.4. The molecule has 9 nitrogen and oxygen atoms in total. The quantitative estimate of drug-likeness (QED) is 0.0745. The average molecular weight is 769 g/mol. The zero-order chi connectivity index (χ0) is 38.0. The van der Waals surface area contributed by atoms with E-state index in [1.54, 1.807) is 17.8 Å². The summed E-state index contributed by atoms with van der Waals surface area (Å²) in [4.78, 5) is 12.0. The Kier molecular flexibility index (Phi) is 13.7. The van der Waals surface area contributed by atoms with Crippen molar-refractivity contribution in [1.82, 2.24) is 4.98 Å². The molecule has 4 aliphatic rings. The van der Waals surface area contributed by atoms with Gasteiger partial charge in [-0.1, -0.05) is 54.4 Å². The van der Waals surface area contributed by atoms with Gasteiger partial charge >= 0.3 is 0 Å². The molecule has 2 N–H and O–H groups in total. The number of nitrogens with zero attached hydrogens (tertiary/aromatic N) is 2. The van der Waals surface area contributed by atoms with Crippen molar-refractivity contribution >= 4 is 17.5 Å². The number of aromatic nitrogens is 1. The summed E-state index contributed by atoms with van der Waals surface area (Å²) < 4.78 is 26.8. The lowest BCUT2D eigenvalue weighted by Gasteiger charge is -2.58. The van der Waals surface area contributed by atoms with Gasteiger partial charge in [0.2, 0.25) is 12.1 Å². The summed E-state index contributed by atoms with van der Waals surface area (Å²) in [5.74, 6) is 0.627. The number of hydrogen-bond acceptors (Lipinski definition) is 10. The fourth-order valence-corrected chi connectivity index (χ4v) is 10.2. The first-order valence-corrected chi connectivity index (χ1v) is 21.0. The molecule has 3 aromatic rings. The third kappa shape index (κ3) is 9.15. The van der Waals surface area contributed by atoms with E-state index in [1.807, 2.05) is 43.3 Å². The number of aliphatic hydroxyl groups is 2. The first-order valence-electron chi connectivity index (χ1n) is 20.2. The largest absolute Gasteiger partial charge is 0.487 e. The van der Waals surface area contributed by atoms with Gasteiger partial charge in [0.1, 0.15) is 18.1 Å². The van der Waals surface area contributed by atoms with E-state index >= 15 is 0 Å². The van der Waals surface area contributed by atoms with Crippen LogP contribution in [0.1, 0.15) is 87.1 Å². The average Bonchev–Trinajstić information content (AvgIpc) is 3.21. The van der Waals surface area contributed by atoms with E-state index in [9.17, 15) is 10.2 Å². The summed E-state index contributed by atoms with van der Waals surface area (Å²) >= 11 is 1.76. The molecule has 2 aromatic carbocycles. The molecule has 294 valence electrons. The first-order chi connectivity index (χ1) is 27.0. The summed E-state index contributed by atoms with van der Waals surface area (Å²) in [6, 6.07) is 22.6. The third-order valence-corrected chi connectivity index (χ3v) is 12.7. The SMILES string of the molecule is C=CCOC12Oc3ccc(OCc4cccc(C)n4)cc3C3C(CCCCO)C(CCCCO)C=C(C(=NOC4CCCCO4)CC1Sc1ccccc1)C32. The minimum atomic E-state index is -1.06. The maximum Gasteiger partial charge on any atom is 0.231 e. The second kappa shape index (κ2) is 19.0. The predicted molar refractivity (Wildman–Crippen MR) is 215 cm³/mol. The number of thioether (sulfide) groups is 1. The van der Waals surface area contributed by atoms with Crippen LogP contribution in [0.3, 0.4) is 0 Å². The molecule has 7 rings (SSSR count). The number of unbranched alkanes of at least 4 members (excludes halogenated alkanes) is 2. The highest BCUT2D eigenvalue weighted by atomic mass is 32.2. The summed E-state index contributed by atoms with van der Waals surface area (Å²) in [5.41, 5.74) is 4.91. The standard InChI is InChI=1S/C45H56N2O7S/c1-3-25-52-45-41(55-35-17-5-4-6-18-35)29-39(47-54-42-20-9-12-26-50-42)37-27-32(15-7-10-23-48)36(19-8-11-24-49)43(44(37)45)38-28-34(21-22-40(38)53-45)51-30-33-16-13-14-31(2)46-33/h3-6,13-14,16-18,21-22,27-28,32,36,41-44,48-49H,1,7-12,15,19-20,23-26,29-30H2,2H3. The van der Waals surface area contributed by atoms with Crippen molar-refractivity contribution in [1.29, 1.82) is 0 Å². The molecule has 0 spiro atoms. The second-order valence-electron chi connectivity index (χ2n) is 15.1. The van der Waals surface area contributed by atoms with Crippen LogP contribution in [0.15, 0.2) is 101 Å². The van der Waals surface area contributed by atoms with Crippen molar-refractivity contribution < 1.29 is 34.0 Å². The highest BCUT2D eigenvalue weighted by Gasteiger charge is 2.64. The van der Waals surface area contributed by atoms with E-state index in [0.717, 1.165) is 102 Å². The Bertz CT molecular complexity index is 1780. The number of rotatable bonds is 18. The lowest BCUT2D eigenvalue weighted by atomic mass is 9.56. The lowest BCUT2D eigenvalue weighted by molar-refractivity contribution is -0.223. The first kappa shape index (κ1) is 39.6. The number of oxime groups is 1. The van der Waals surface area contributed by atoms with Gasteiger partial charge in [0.05, 0.1) is 35.8 Å². The summed E-state index contributed by atoms with van der Waals surface area (Å²) in [6.45, 7) is 7.70. The van der Waals surface area contributed by atoms with Gasteiger partial charge in [-0.3, -0.25) is 4.98 Å². The molecule has 7 atom stereocenters. The predicted octanol–water partition coefficient (Wildman–Crippen LogP) is 8.92. The van der Waals surface area contributed by atoms with Crippen molar-refractivity contribution in [3.8, 4) is 11.5 Å². The molecule has 0 amide bonds. The number of fused-ring (bicyclic) bond motifs is 2. The van der Waals surface area contributed by atoms with Gasteiger partial charge in [-0.15, -0.1) is 18.3 Å². The summed E-state index contributed by atoms with van der Waals surface area (Å²) in [5, 5.41) is 24.5. The van der Waals surface area contributed by atoms with Crippen LogP contribution in [0, 0.1) is 24.7 Å². The van der Waals surface area contributed by atoms with Crippen molar-refractivity contribution in [2.24, 2.45) is 22.9 Å². The van der Waals surface area contributed by atoms with Crippen LogP contribution in [0.4, 0.5) is 0 Å². The zero-order valence-corrected chi connectivity index (χ0v) is 32.8. The highest BCUT2D eigenvalue weighted by Crippen LogP contribution is 2.63. The molecule has 0 bridgehead atoms. The molecule has 3 heterocycles. The van der Waals surface area contributed by atoms with Gasteiger partial charge in [0, 0.05) is 48.1 Å². The Labute approximate surface area is 330 Å². The number of aryl methyl sites for hydroxylation is 1. The molecule has 1 saturated carbocycles. The number of benzene rings is 2. The van der Waals surface area contributed by atoms with Crippen molar-refractivity contribution in [3.05, 3.63) is 108 Å². The Morgan fingerprint density at radius 1 is 1.00 bits per heavy atom. The van der Waals surface area contributed by atoms with Gasteiger partial charge in [-0.2, -0.15) is 0 Å². The third-order valence-electron chi connectivity index (χ3n) is 11.4. The summed E-state index contributed by atoms with van der Waals surface area (Å²) in [6.07, 6.45) is 12.4. The smallest absolute Gasteiger partial charge is 0.231 e. The van der Waals surface area contributed by atoms with E-state index in [4.69, 9.17) is 28.9 Å². The monoisotopic (exact) mass is 768 g/mol. The van der Waals surface area contributed by atoms with E-state index in [1.165, 1.54) is 0 Å². The van der Waals surface area contributed by atoms with E-state index in [2.05, 4.69) is 48.0 Å². The molecular formula is C45H56N2O7S. The molecule has 7 unspecified atom stereocenters. The van der Waals surface area contributed by atoms with Gasteiger partial charge in [0.15, 0.2) is 0 Å². The van der Waals surface area contributed by atoms with Gasteiger partial charge in [-0.05, 0) is 105 Å². The molecule has 2 aliphatic heterocycles. The molecule has 1 aromatic heterocycles. The Morgan fingerprint density at radius 3 is 2.60 bits per heavy atom. The highest BCUT2D eigenvalue weighted by molar-refractivity contribution is 8.00. The Balaban J connectivity index is 1.37. The van der Waals surface area contributed by atoms with Crippen molar-refractivity contribution in [2.75, 3.05) is 26.4 Å². The minimum Gasteiger partial charge on any atom is -0.487 e. The van der Waals surface area contributed by atoms with Crippen LogP contribution in [0.2, 0.25) is 0 Å². The Morgan fingerprint density at radius 2 is 1.84 bits per heavy atom. The van der Waals surface area contributed by atoms with Gasteiger partial charge < -0.3 is 34.0 Å². The van der Waals surface area contributed by atoms with E-state index < -0.39 is 5.79 Å². The van der Waals surface area contributed by atoms with Crippen LogP contribution >= 0.6 is 11.8 Å². The van der Waals surface area contributed by atoms with Crippen LogP contribution in [-0.4, -0.2) is 64.7 Å². The topological polar surface area (TPSA) is 112 Å². The van der Waals surface area contributed by atoms with E-state index in [0.29, 0.717) is 26.2 Å².